The second kappa shape index (κ2) is 11.9. The molecule has 12 heteroatoms. The van der Waals surface area contributed by atoms with Gasteiger partial charge in [0.25, 0.3) is 5.91 Å². The number of likely N-dealkylation sites (tertiary alicyclic amines) is 1. The molecule has 1 aliphatic carbocycles. The minimum Gasteiger partial charge on any atom is -0.340 e. The van der Waals surface area contributed by atoms with Crippen molar-refractivity contribution in [3.8, 4) is 0 Å². The van der Waals surface area contributed by atoms with Gasteiger partial charge in [-0.1, -0.05) is 37.1 Å². The highest BCUT2D eigenvalue weighted by Gasteiger charge is 2.58. The number of halogens is 1. The van der Waals surface area contributed by atoms with Crippen molar-refractivity contribution < 1.29 is 33.1 Å². The molecule has 3 saturated heterocycles. The molecule has 242 valence electrons. The number of hydrogen-bond donors (Lipinski definition) is 3. The van der Waals surface area contributed by atoms with Gasteiger partial charge in [0.2, 0.25) is 17.7 Å². The van der Waals surface area contributed by atoms with Crippen LogP contribution >= 0.6 is 7.60 Å². The molecule has 3 aliphatic heterocycles. The lowest BCUT2D eigenvalue weighted by molar-refractivity contribution is -0.148. The molecule has 0 bridgehead atoms. The van der Waals surface area contributed by atoms with Crippen LogP contribution in [0.1, 0.15) is 91.1 Å². The fraction of sp³-hybridized carbons (Fsp3) is 0.471. The Labute approximate surface area is 266 Å². The zero-order valence-corrected chi connectivity index (χ0v) is 26.3. The molecule has 3 amide bonds. The minimum atomic E-state index is -4.99. The van der Waals surface area contributed by atoms with E-state index in [0.29, 0.717) is 30.2 Å². The molecule has 1 spiro atoms. The van der Waals surface area contributed by atoms with Crippen molar-refractivity contribution >= 4 is 36.1 Å². The first-order chi connectivity index (χ1) is 22.0. The molecule has 4 fully saturated rings. The molecule has 46 heavy (non-hydrogen) atoms. The highest BCUT2D eigenvalue weighted by molar-refractivity contribution is 7.51. The number of carbonyl (C=O) groups excluding carboxylic acids is 3. The van der Waals surface area contributed by atoms with E-state index in [1.165, 1.54) is 18.2 Å². The van der Waals surface area contributed by atoms with Crippen LogP contribution < -0.4 is 5.32 Å². The third-order valence-electron chi connectivity index (χ3n) is 10.5. The van der Waals surface area contributed by atoms with Gasteiger partial charge in [0.05, 0.1) is 0 Å². The summed E-state index contributed by atoms with van der Waals surface area (Å²) in [6.07, 6.45) is 10.8. The summed E-state index contributed by atoms with van der Waals surface area (Å²) in [4.78, 5) is 68.6. The van der Waals surface area contributed by atoms with Crippen molar-refractivity contribution in [1.29, 1.82) is 0 Å². The van der Waals surface area contributed by atoms with Gasteiger partial charge in [0, 0.05) is 42.0 Å². The van der Waals surface area contributed by atoms with Crippen LogP contribution in [0.25, 0.3) is 10.8 Å². The average molecular weight is 649 g/mol. The summed E-state index contributed by atoms with van der Waals surface area (Å²) in [7, 11) is -4.99. The number of benzene rings is 2. The van der Waals surface area contributed by atoms with Gasteiger partial charge in [0.15, 0.2) is 0 Å². The summed E-state index contributed by atoms with van der Waals surface area (Å²) in [5.41, 5.74) is 1.06. The molecule has 1 saturated carbocycles. The van der Waals surface area contributed by atoms with Crippen LogP contribution in [0, 0.1) is 0 Å². The van der Waals surface area contributed by atoms with E-state index in [-0.39, 0.29) is 40.4 Å². The van der Waals surface area contributed by atoms with Crippen LogP contribution in [0.15, 0.2) is 60.9 Å². The number of aromatic nitrogens is 1. The topological polar surface area (TPSA) is 140 Å². The van der Waals surface area contributed by atoms with E-state index in [9.17, 15) is 33.1 Å². The molecule has 10 nitrogen and oxygen atoms in total. The molecule has 3 N–H and O–H groups in total. The summed E-state index contributed by atoms with van der Waals surface area (Å²) >= 11 is 0. The normalized spacial score (nSPS) is 26.5. The standard InChI is InChI=1S/C34H38FN4O6P/c35-30(46(43,44)45)22-9-7-21-8-10-23(17-25(21)16-22)31(40)37-28-6-2-1-5-27-11-12-29(39(27)32(28)41)33(42)38-20-26(18-34(38)13-14-34)24-4-3-15-36-19-24/h3-4,7-10,15-17,19,26-30H,1-2,5-6,11-14,18,20H2,(H,37,40)(H2,43,44,45)/t26?,27-,28-,29-,30?/m0/s1. The quantitative estimate of drug-likeness (QED) is 0.321. The highest BCUT2D eigenvalue weighted by Crippen LogP contribution is 2.55. The largest absolute Gasteiger partial charge is 0.363 e. The Kier molecular flexibility index (Phi) is 7.98. The lowest BCUT2D eigenvalue weighted by Crippen LogP contribution is -2.57. The van der Waals surface area contributed by atoms with E-state index in [1.807, 2.05) is 17.2 Å². The minimum absolute atomic E-state index is 0.0113. The van der Waals surface area contributed by atoms with Crippen molar-refractivity contribution in [2.24, 2.45) is 0 Å². The fourth-order valence-electron chi connectivity index (χ4n) is 7.91. The van der Waals surface area contributed by atoms with Crippen molar-refractivity contribution in [2.45, 2.75) is 93.3 Å². The monoisotopic (exact) mass is 648 g/mol. The van der Waals surface area contributed by atoms with Gasteiger partial charge in [-0.25, -0.2) is 4.39 Å². The molecule has 1 aromatic heterocycles. The first kappa shape index (κ1) is 31.0. The second-order valence-electron chi connectivity index (χ2n) is 13.4. The number of nitrogens with zero attached hydrogens (tertiary/aromatic N) is 3. The zero-order valence-electron chi connectivity index (χ0n) is 25.4. The number of alkyl halides is 1. The maximum absolute atomic E-state index is 14.4. The Morgan fingerprint density at radius 1 is 1.02 bits per heavy atom. The lowest BCUT2D eigenvalue weighted by Gasteiger charge is -2.37. The number of rotatable bonds is 6. The van der Waals surface area contributed by atoms with Crippen molar-refractivity contribution in [1.82, 2.24) is 20.1 Å². The Bertz CT molecular complexity index is 1730. The molecule has 4 heterocycles. The highest BCUT2D eigenvalue weighted by atomic mass is 31.2. The number of nitrogens with one attached hydrogen (secondary N) is 1. The zero-order chi connectivity index (χ0) is 32.2. The Hall–Kier alpha value is -3.66. The molecule has 3 aromatic rings. The van der Waals surface area contributed by atoms with Gasteiger partial charge in [-0.15, -0.1) is 0 Å². The van der Waals surface area contributed by atoms with Crippen molar-refractivity contribution in [3.63, 3.8) is 0 Å². The number of carbonyl (C=O) groups is 3. The molecule has 2 aromatic carbocycles. The third-order valence-corrected chi connectivity index (χ3v) is 11.4. The van der Waals surface area contributed by atoms with E-state index in [4.69, 9.17) is 0 Å². The first-order valence-electron chi connectivity index (χ1n) is 16.1. The summed E-state index contributed by atoms with van der Waals surface area (Å²) in [5, 5.41) is 4.03. The van der Waals surface area contributed by atoms with Crippen LogP contribution in [0.5, 0.6) is 0 Å². The maximum atomic E-state index is 14.4. The maximum Gasteiger partial charge on any atom is 0.363 e. The molecule has 5 atom stereocenters. The van der Waals surface area contributed by atoms with Gasteiger partial charge in [-0.05, 0) is 91.1 Å². The molecule has 0 radical (unpaired) electrons. The second-order valence-corrected chi connectivity index (χ2v) is 15.0. The van der Waals surface area contributed by atoms with E-state index in [2.05, 4.69) is 16.4 Å². The van der Waals surface area contributed by atoms with Crippen LogP contribution in [0.2, 0.25) is 0 Å². The molecule has 4 aliphatic rings. The molecule has 7 rings (SSSR count). The first-order valence-corrected chi connectivity index (χ1v) is 17.8. The fourth-order valence-corrected chi connectivity index (χ4v) is 8.46. The number of pyridine rings is 1. The third kappa shape index (κ3) is 5.73. The molecular weight excluding hydrogens is 610 g/mol. The van der Waals surface area contributed by atoms with E-state index >= 15 is 0 Å². The van der Waals surface area contributed by atoms with Gasteiger partial charge in [0.1, 0.15) is 12.1 Å². The summed E-state index contributed by atoms with van der Waals surface area (Å²) in [6.45, 7) is 0.620. The van der Waals surface area contributed by atoms with Crippen LogP contribution in [0.4, 0.5) is 4.39 Å². The summed E-state index contributed by atoms with van der Waals surface area (Å²) in [6, 6.07) is 11.6. The molecule has 2 unspecified atom stereocenters. The van der Waals surface area contributed by atoms with Crippen LogP contribution in [-0.2, 0) is 14.2 Å². The predicted octanol–water partition coefficient (Wildman–Crippen LogP) is 4.96. The Balaban J connectivity index is 1.09. The number of fused-ring (bicyclic) bond motifs is 2. The summed E-state index contributed by atoms with van der Waals surface area (Å²) < 4.78 is 25.8. The van der Waals surface area contributed by atoms with Crippen LogP contribution in [-0.4, -0.2) is 72.5 Å². The number of hydrogen-bond acceptors (Lipinski definition) is 5. The Morgan fingerprint density at radius 2 is 1.80 bits per heavy atom. The molecular formula is C34H38FN4O6P. The van der Waals surface area contributed by atoms with Crippen molar-refractivity contribution in [2.75, 3.05) is 6.54 Å². The summed E-state index contributed by atoms with van der Waals surface area (Å²) in [5.74, 6) is -2.95. The lowest BCUT2D eigenvalue weighted by atomic mass is 9.97. The van der Waals surface area contributed by atoms with Crippen LogP contribution in [0.3, 0.4) is 0 Å². The van der Waals surface area contributed by atoms with Gasteiger partial charge >= 0.3 is 7.60 Å². The van der Waals surface area contributed by atoms with Crippen molar-refractivity contribution in [3.05, 3.63) is 77.6 Å². The van der Waals surface area contributed by atoms with E-state index in [1.54, 1.807) is 29.3 Å². The van der Waals surface area contributed by atoms with Gasteiger partial charge < -0.3 is 24.9 Å². The van der Waals surface area contributed by atoms with Gasteiger partial charge in [-0.2, -0.15) is 0 Å². The Morgan fingerprint density at radius 3 is 2.54 bits per heavy atom. The average Bonchev–Trinajstić information content (AvgIpc) is 3.54. The number of amides is 3. The van der Waals surface area contributed by atoms with E-state index < -0.39 is 31.5 Å². The predicted molar refractivity (Wildman–Crippen MR) is 168 cm³/mol. The van der Waals surface area contributed by atoms with Gasteiger partial charge in [-0.3, -0.25) is 23.9 Å². The smallest absolute Gasteiger partial charge is 0.340 e. The van der Waals surface area contributed by atoms with E-state index in [0.717, 1.165) is 50.5 Å². The SMILES string of the molecule is O=C(N[C@H]1CCCC[C@H]2CC[C@@H](C(=O)N3CC(c4cccnc4)CC34CC4)N2C1=O)c1ccc2ccc(C(F)P(=O)(O)O)cc2c1.